The smallest absolute Gasteiger partial charge is 0.428 e. The molecule has 0 aliphatic carbocycles. The number of carbonyl (C=O) groups excluding carboxylic acids is 2. The number of halogens is 3. The Labute approximate surface area is 173 Å². The molecular formula is C15H32Br3NO5. The molecule has 0 rings (SSSR count). The highest BCUT2D eigenvalue weighted by Gasteiger charge is 2.24. The number of hydrogen-bond donors (Lipinski definition) is 1. The normalized spacial score (nSPS) is 9.92. The second-order valence-corrected chi connectivity index (χ2v) is 7.78. The van der Waals surface area contributed by atoms with Gasteiger partial charge in [0.25, 0.3) is 0 Å². The van der Waals surface area contributed by atoms with Crippen molar-refractivity contribution in [2.75, 3.05) is 17.2 Å². The molecule has 148 valence electrons. The number of carbonyl (C=O) groups is 2. The fourth-order valence-corrected chi connectivity index (χ4v) is 0.610. The highest BCUT2D eigenvalue weighted by molar-refractivity contribution is 9.09. The Balaban J connectivity index is -0.000000186. The van der Waals surface area contributed by atoms with E-state index in [1.54, 1.807) is 41.5 Å². The van der Waals surface area contributed by atoms with Crippen molar-refractivity contribution in [1.82, 2.24) is 0 Å². The van der Waals surface area contributed by atoms with Gasteiger partial charge in [0.05, 0.1) is 0 Å². The van der Waals surface area contributed by atoms with Crippen LogP contribution in [-0.2, 0) is 14.2 Å². The first-order valence-electron chi connectivity index (χ1n) is 7.28. The molecule has 0 fully saturated rings. The summed E-state index contributed by atoms with van der Waals surface area (Å²) < 4.78 is 13.8. The van der Waals surface area contributed by atoms with Gasteiger partial charge < -0.3 is 19.9 Å². The van der Waals surface area contributed by atoms with E-state index in [2.05, 4.69) is 43.5 Å². The maximum Gasteiger partial charge on any atom is 0.519 e. The van der Waals surface area contributed by atoms with Crippen LogP contribution in [0.2, 0.25) is 0 Å². The van der Waals surface area contributed by atoms with Gasteiger partial charge in [0.15, 0.2) is 0 Å². The van der Waals surface area contributed by atoms with Crippen molar-refractivity contribution in [3.8, 4) is 0 Å². The monoisotopic (exact) mass is 543 g/mol. The Bertz CT molecular complexity index is 281. The van der Waals surface area contributed by atoms with Gasteiger partial charge in [-0.15, -0.1) is 17.0 Å². The van der Waals surface area contributed by atoms with E-state index in [9.17, 15) is 9.59 Å². The van der Waals surface area contributed by atoms with Gasteiger partial charge in [-0.05, 0) is 48.0 Å². The van der Waals surface area contributed by atoms with Crippen molar-refractivity contribution in [1.29, 1.82) is 0 Å². The molecular weight excluding hydrogens is 514 g/mol. The number of ether oxygens (including phenoxy) is 3. The average Bonchev–Trinajstić information content (AvgIpc) is 2.34. The third kappa shape index (κ3) is 38.0. The molecule has 0 unspecified atom stereocenters. The van der Waals surface area contributed by atoms with E-state index in [1.807, 2.05) is 0 Å². The van der Waals surface area contributed by atoms with E-state index in [0.717, 1.165) is 17.2 Å². The Hall–Kier alpha value is 0.140. The van der Waals surface area contributed by atoms with Gasteiger partial charge in [0.2, 0.25) is 0 Å². The van der Waals surface area contributed by atoms with Crippen molar-refractivity contribution in [2.45, 2.75) is 66.1 Å². The molecule has 0 heterocycles. The van der Waals surface area contributed by atoms with E-state index in [-0.39, 0.29) is 17.0 Å². The fourth-order valence-electron chi connectivity index (χ4n) is 0.610. The minimum atomic E-state index is -1.06. The molecule has 0 aromatic carbocycles. The molecule has 0 radical (unpaired) electrons. The molecule has 0 atom stereocenters. The summed E-state index contributed by atoms with van der Waals surface area (Å²) in [6, 6.07) is 0. The third-order valence-corrected chi connectivity index (χ3v) is 2.49. The van der Waals surface area contributed by atoms with Crippen molar-refractivity contribution in [2.24, 2.45) is 5.73 Å². The summed E-state index contributed by atoms with van der Waals surface area (Å²) in [6.07, 6.45) is -0.881. The Kier molecular flexibility index (Phi) is 23.8. The standard InChI is InChI=1S/C10H18O5.C3H7Br.C2H6BrN.BrH/c1-9(2,3)14-7(11)13-8(12)15-10(4,5)6;1-2-3-4;3-1-2-4;/h1-6H3;2-3H2,1H3;1-2,4H2;1H. The first-order valence-corrected chi connectivity index (χ1v) is 9.53. The van der Waals surface area contributed by atoms with E-state index in [0.29, 0.717) is 0 Å². The van der Waals surface area contributed by atoms with Crippen LogP contribution in [0.15, 0.2) is 0 Å². The number of rotatable bonds is 2. The molecule has 0 aliphatic rings. The predicted octanol–water partition coefficient (Wildman–Crippen LogP) is 5.58. The Morgan fingerprint density at radius 3 is 1.25 bits per heavy atom. The van der Waals surface area contributed by atoms with Crippen LogP contribution in [0, 0.1) is 0 Å². The van der Waals surface area contributed by atoms with Crippen LogP contribution in [0.1, 0.15) is 54.9 Å². The first kappa shape index (κ1) is 31.9. The lowest BCUT2D eigenvalue weighted by Crippen LogP contribution is -2.29. The van der Waals surface area contributed by atoms with Crippen LogP contribution in [0.4, 0.5) is 9.59 Å². The van der Waals surface area contributed by atoms with Gasteiger partial charge >= 0.3 is 12.3 Å². The van der Waals surface area contributed by atoms with Crippen molar-refractivity contribution in [3.05, 3.63) is 0 Å². The van der Waals surface area contributed by atoms with Gasteiger partial charge in [-0.25, -0.2) is 9.59 Å². The summed E-state index contributed by atoms with van der Waals surface area (Å²) in [5.41, 5.74) is 3.59. The summed E-state index contributed by atoms with van der Waals surface area (Å²) in [5.74, 6) is 0. The molecule has 0 bridgehead atoms. The van der Waals surface area contributed by atoms with Gasteiger partial charge in [-0.2, -0.15) is 0 Å². The highest BCUT2D eigenvalue weighted by atomic mass is 79.9. The maximum absolute atomic E-state index is 11.0. The van der Waals surface area contributed by atoms with Gasteiger partial charge in [0.1, 0.15) is 11.2 Å². The SMILES string of the molecule is Br.CC(C)(C)OC(=O)OC(=O)OC(C)(C)C.CCCBr.NCCBr. The summed E-state index contributed by atoms with van der Waals surface area (Å²) in [7, 11) is 0. The second-order valence-electron chi connectivity index (χ2n) is 6.20. The molecule has 9 heteroatoms. The van der Waals surface area contributed by atoms with Crippen LogP contribution >= 0.6 is 48.8 Å². The Morgan fingerprint density at radius 1 is 0.875 bits per heavy atom. The minimum Gasteiger partial charge on any atom is -0.428 e. The molecule has 0 aromatic rings. The quantitative estimate of drug-likeness (QED) is 0.277. The summed E-state index contributed by atoms with van der Waals surface area (Å²) in [6.45, 7) is 12.9. The first-order chi connectivity index (χ1) is 10.3. The number of alkyl halides is 2. The molecule has 0 spiro atoms. The fraction of sp³-hybridized carbons (Fsp3) is 0.867. The molecule has 0 saturated heterocycles. The largest absolute Gasteiger partial charge is 0.519 e. The third-order valence-electron chi connectivity index (χ3n) is 1.24. The molecule has 0 aliphatic heterocycles. The van der Waals surface area contributed by atoms with Crippen LogP contribution in [0.25, 0.3) is 0 Å². The predicted molar refractivity (Wildman–Crippen MR) is 111 cm³/mol. The zero-order valence-electron chi connectivity index (χ0n) is 15.6. The average molecular weight is 546 g/mol. The van der Waals surface area contributed by atoms with E-state index in [1.165, 1.54) is 6.42 Å². The lowest BCUT2D eigenvalue weighted by Gasteiger charge is -2.20. The maximum atomic E-state index is 11.0. The number of hydrogen-bond acceptors (Lipinski definition) is 6. The molecule has 0 aromatic heterocycles. The van der Waals surface area contributed by atoms with Gasteiger partial charge in [0, 0.05) is 17.2 Å². The minimum absolute atomic E-state index is 0. The lowest BCUT2D eigenvalue weighted by atomic mass is 10.2. The molecule has 6 nitrogen and oxygen atoms in total. The highest BCUT2D eigenvalue weighted by Crippen LogP contribution is 2.11. The van der Waals surface area contributed by atoms with Crippen molar-refractivity contribution < 1.29 is 23.8 Å². The number of nitrogens with two attached hydrogens (primary N) is 1. The lowest BCUT2D eigenvalue weighted by molar-refractivity contribution is -0.0293. The Morgan fingerprint density at radius 2 is 1.12 bits per heavy atom. The molecule has 0 saturated carbocycles. The summed E-state index contributed by atoms with van der Waals surface area (Å²) in [4.78, 5) is 22.0. The van der Waals surface area contributed by atoms with E-state index in [4.69, 9.17) is 15.2 Å². The van der Waals surface area contributed by atoms with Gasteiger partial charge in [-0.3, -0.25) is 0 Å². The molecule has 2 N–H and O–H groups in total. The summed E-state index contributed by atoms with van der Waals surface area (Å²) in [5, 5.41) is 2.04. The summed E-state index contributed by atoms with van der Waals surface area (Å²) >= 11 is 6.37. The van der Waals surface area contributed by atoms with E-state index < -0.39 is 23.5 Å². The van der Waals surface area contributed by atoms with Crippen LogP contribution in [-0.4, -0.2) is 40.7 Å². The zero-order valence-corrected chi connectivity index (χ0v) is 20.5. The topological polar surface area (TPSA) is 87.8 Å². The van der Waals surface area contributed by atoms with Crippen molar-refractivity contribution in [3.63, 3.8) is 0 Å². The van der Waals surface area contributed by atoms with Gasteiger partial charge in [-0.1, -0.05) is 38.8 Å². The second kappa shape index (κ2) is 17.9. The zero-order chi connectivity index (χ0) is 19.1. The van der Waals surface area contributed by atoms with Crippen LogP contribution in [0.3, 0.4) is 0 Å². The van der Waals surface area contributed by atoms with Crippen molar-refractivity contribution >= 4 is 61.2 Å². The van der Waals surface area contributed by atoms with Crippen LogP contribution < -0.4 is 5.73 Å². The van der Waals surface area contributed by atoms with E-state index >= 15 is 0 Å². The van der Waals surface area contributed by atoms with Crippen LogP contribution in [0.5, 0.6) is 0 Å². The molecule has 24 heavy (non-hydrogen) atoms. The molecule has 0 amide bonds.